The maximum Gasteiger partial charge on any atom is 0.320 e. The number of carbonyl (C=O) groups excluding carboxylic acids is 1. The first-order valence-corrected chi connectivity index (χ1v) is 19.7. The first-order valence-electron chi connectivity index (χ1n) is 19.7. The van der Waals surface area contributed by atoms with Crippen molar-refractivity contribution < 1.29 is 15.0 Å². The zero-order valence-electron chi connectivity index (χ0n) is 31.8. The summed E-state index contributed by atoms with van der Waals surface area (Å²) in [5.41, 5.74) is 12.2. The van der Waals surface area contributed by atoms with Gasteiger partial charge in [-0.05, 0) is 119 Å². The van der Waals surface area contributed by atoms with Gasteiger partial charge in [0, 0.05) is 74.9 Å². The van der Waals surface area contributed by atoms with Gasteiger partial charge in [0.1, 0.15) is 23.1 Å². The predicted octanol–water partition coefficient (Wildman–Crippen LogP) is 8.58. The first kappa shape index (κ1) is 35.2. The third-order valence-electron chi connectivity index (χ3n) is 11.5. The highest BCUT2D eigenvalue weighted by molar-refractivity contribution is 5.86. The molecule has 8 aromatic rings. The highest BCUT2D eigenvalue weighted by Gasteiger charge is 2.28. The van der Waals surface area contributed by atoms with Crippen LogP contribution >= 0.6 is 0 Å². The number of nitrogens with zero attached hydrogens (tertiary/aromatic N) is 6. The van der Waals surface area contributed by atoms with Crippen molar-refractivity contribution in [3.63, 3.8) is 0 Å². The van der Waals surface area contributed by atoms with Gasteiger partial charge in [-0.15, -0.1) is 0 Å². The summed E-state index contributed by atoms with van der Waals surface area (Å²) in [6, 6.07) is 43.9. The number of piperazine rings is 2. The van der Waals surface area contributed by atoms with Gasteiger partial charge in [0.2, 0.25) is 0 Å². The van der Waals surface area contributed by atoms with Crippen molar-refractivity contribution in [3.05, 3.63) is 133 Å². The zero-order chi connectivity index (χ0) is 39.2. The summed E-state index contributed by atoms with van der Waals surface area (Å²) < 4.78 is 0. The van der Waals surface area contributed by atoms with E-state index in [1.54, 1.807) is 24.3 Å². The molecule has 2 aromatic heterocycles. The fraction of sp³-hybridized carbons (Fsp3) is 0.170. The minimum atomic E-state index is 0.127. The molecule has 0 radical (unpaired) electrons. The van der Waals surface area contributed by atoms with E-state index in [9.17, 15) is 15.0 Å². The molecule has 2 amide bonds. The highest BCUT2D eigenvalue weighted by Crippen LogP contribution is 2.31. The van der Waals surface area contributed by atoms with Crippen LogP contribution in [0.5, 0.6) is 11.5 Å². The Labute approximate surface area is 335 Å². The van der Waals surface area contributed by atoms with E-state index in [0.717, 1.165) is 105 Å². The molecule has 4 heterocycles. The van der Waals surface area contributed by atoms with E-state index in [1.807, 2.05) is 46.2 Å². The molecule has 288 valence electrons. The number of H-pyrrole nitrogens is 2. The number of phenolic OH excluding ortho intramolecular Hbond substituents is 2. The third-order valence-corrected chi connectivity index (χ3v) is 11.5. The van der Waals surface area contributed by atoms with Crippen molar-refractivity contribution in [2.45, 2.75) is 0 Å². The standard InChI is InChI=1S/C47H42N8O3/c56-39-15-5-31(6-16-39)35-9-19-41-43(29-35)50-45(48-41)33-1-11-37(12-2-33)52-21-25-54(26-22-52)47(58)55-27-23-53(24-28-55)38-13-3-34(4-14-38)46-49-42-20-10-36(30-44(42)51-46)32-7-17-40(57)18-8-32/h1-20,29-30,56-57H,21-28H2,(H,48,50)(H,49,51). The second-order valence-corrected chi connectivity index (χ2v) is 15.1. The van der Waals surface area contributed by atoms with Gasteiger partial charge in [-0.3, -0.25) is 0 Å². The topological polar surface area (TPSA) is 128 Å². The molecule has 10 rings (SSSR count). The van der Waals surface area contributed by atoms with Gasteiger partial charge < -0.3 is 39.8 Å². The average Bonchev–Trinajstić information content (AvgIpc) is 3.91. The van der Waals surface area contributed by atoms with E-state index in [1.165, 1.54) is 0 Å². The summed E-state index contributed by atoms with van der Waals surface area (Å²) in [7, 11) is 0. The lowest BCUT2D eigenvalue weighted by atomic mass is 10.1. The van der Waals surface area contributed by atoms with Crippen molar-refractivity contribution in [2.75, 3.05) is 62.2 Å². The maximum absolute atomic E-state index is 13.6. The number of aromatic amines is 2. The number of rotatable bonds is 6. The summed E-state index contributed by atoms with van der Waals surface area (Å²) in [5.74, 6) is 2.15. The Bertz CT molecular complexity index is 2540. The quantitative estimate of drug-likeness (QED) is 0.134. The number of amides is 2. The molecule has 11 heteroatoms. The molecule has 0 bridgehead atoms. The lowest BCUT2D eigenvalue weighted by Crippen LogP contribution is -2.57. The van der Waals surface area contributed by atoms with Crippen LogP contribution < -0.4 is 9.80 Å². The lowest BCUT2D eigenvalue weighted by molar-refractivity contribution is 0.147. The molecule has 0 unspecified atom stereocenters. The normalized spacial score (nSPS) is 14.8. The van der Waals surface area contributed by atoms with Crippen LogP contribution in [0, 0.1) is 0 Å². The van der Waals surface area contributed by atoms with Crippen LogP contribution in [0.15, 0.2) is 133 Å². The molecular formula is C47H42N8O3. The molecule has 0 atom stereocenters. The van der Waals surface area contributed by atoms with Gasteiger partial charge in [0.05, 0.1) is 22.1 Å². The number of hydrogen-bond acceptors (Lipinski definition) is 7. The first-order chi connectivity index (χ1) is 28.4. The predicted molar refractivity (Wildman–Crippen MR) is 230 cm³/mol. The number of urea groups is 1. The van der Waals surface area contributed by atoms with Gasteiger partial charge in [-0.2, -0.15) is 0 Å². The molecule has 6 aromatic carbocycles. The number of nitrogens with one attached hydrogen (secondary N) is 2. The van der Waals surface area contributed by atoms with Gasteiger partial charge in [0.15, 0.2) is 0 Å². The number of phenols is 2. The van der Waals surface area contributed by atoms with Gasteiger partial charge >= 0.3 is 6.03 Å². The molecule has 11 nitrogen and oxygen atoms in total. The van der Waals surface area contributed by atoms with E-state index in [4.69, 9.17) is 9.97 Å². The largest absolute Gasteiger partial charge is 0.508 e. The Morgan fingerprint density at radius 2 is 0.776 bits per heavy atom. The number of aromatic hydroxyl groups is 2. The number of hydrogen-bond donors (Lipinski definition) is 4. The van der Waals surface area contributed by atoms with Crippen LogP contribution in [0.3, 0.4) is 0 Å². The van der Waals surface area contributed by atoms with Crippen molar-refractivity contribution in [3.8, 4) is 56.5 Å². The summed E-state index contributed by atoms with van der Waals surface area (Å²) in [6.45, 7) is 5.90. The molecule has 2 fully saturated rings. The summed E-state index contributed by atoms with van der Waals surface area (Å²) >= 11 is 0. The SMILES string of the molecule is O=C(N1CCN(c2ccc(-c3nc4ccc(-c5ccc(O)cc5)cc4[nH]3)cc2)CC1)N1CCN(c2ccc(-c3nc4ccc(-c5ccc(O)cc5)cc4[nH]3)cc2)CC1. The summed E-state index contributed by atoms with van der Waals surface area (Å²) in [6.07, 6.45) is 0. The summed E-state index contributed by atoms with van der Waals surface area (Å²) in [5, 5.41) is 19.3. The van der Waals surface area contributed by atoms with Crippen molar-refractivity contribution in [2.24, 2.45) is 0 Å². The van der Waals surface area contributed by atoms with Gasteiger partial charge in [-0.1, -0.05) is 36.4 Å². The van der Waals surface area contributed by atoms with Gasteiger partial charge in [0.25, 0.3) is 0 Å². The monoisotopic (exact) mass is 766 g/mol. The Morgan fingerprint density at radius 3 is 1.16 bits per heavy atom. The number of benzene rings is 6. The number of carbonyl (C=O) groups is 1. The molecule has 58 heavy (non-hydrogen) atoms. The van der Waals surface area contributed by atoms with Gasteiger partial charge in [-0.25, -0.2) is 14.8 Å². The fourth-order valence-electron chi connectivity index (χ4n) is 8.13. The van der Waals surface area contributed by atoms with E-state index in [2.05, 4.69) is 92.6 Å². The molecule has 0 spiro atoms. The Hall–Kier alpha value is -7.27. The second kappa shape index (κ2) is 14.7. The molecule has 4 N–H and O–H groups in total. The van der Waals surface area contributed by atoms with Crippen LogP contribution in [-0.2, 0) is 0 Å². The minimum Gasteiger partial charge on any atom is -0.508 e. The smallest absolute Gasteiger partial charge is 0.320 e. The Balaban J connectivity index is 0.715. The fourth-order valence-corrected chi connectivity index (χ4v) is 8.13. The highest BCUT2D eigenvalue weighted by atomic mass is 16.3. The second-order valence-electron chi connectivity index (χ2n) is 15.1. The van der Waals surface area contributed by atoms with E-state index < -0.39 is 0 Å². The van der Waals surface area contributed by atoms with Crippen LogP contribution in [0.1, 0.15) is 0 Å². The number of imidazole rings is 2. The molecule has 2 saturated heterocycles. The molecule has 2 aliphatic heterocycles. The van der Waals surface area contributed by atoms with Crippen molar-refractivity contribution in [1.29, 1.82) is 0 Å². The minimum absolute atomic E-state index is 0.127. The molecule has 0 aliphatic carbocycles. The van der Waals surface area contributed by atoms with Crippen LogP contribution in [-0.4, -0.2) is 98.3 Å². The third kappa shape index (κ3) is 6.91. The van der Waals surface area contributed by atoms with Crippen molar-refractivity contribution >= 4 is 39.5 Å². The van der Waals surface area contributed by atoms with Crippen LogP contribution in [0.2, 0.25) is 0 Å². The molecule has 2 aliphatic rings. The number of anilines is 2. The average molecular weight is 767 g/mol. The molecule has 0 saturated carbocycles. The van der Waals surface area contributed by atoms with Crippen LogP contribution in [0.4, 0.5) is 16.2 Å². The van der Waals surface area contributed by atoms with E-state index in [0.29, 0.717) is 26.2 Å². The maximum atomic E-state index is 13.6. The Morgan fingerprint density at radius 1 is 0.431 bits per heavy atom. The van der Waals surface area contributed by atoms with E-state index >= 15 is 0 Å². The molecular weight excluding hydrogens is 725 g/mol. The van der Waals surface area contributed by atoms with E-state index in [-0.39, 0.29) is 17.5 Å². The zero-order valence-corrected chi connectivity index (χ0v) is 31.8. The Kier molecular flexibility index (Phi) is 8.89. The lowest BCUT2D eigenvalue weighted by Gasteiger charge is -2.41. The van der Waals surface area contributed by atoms with Crippen molar-refractivity contribution in [1.82, 2.24) is 29.7 Å². The van der Waals surface area contributed by atoms with Crippen LogP contribution in [0.25, 0.3) is 67.1 Å². The summed E-state index contributed by atoms with van der Waals surface area (Å²) in [4.78, 5) is 38.9. The number of aromatic nitrogens is 4. The number of fused-ring (bicyclic) bond motifs is 2.